The summed E-state index contributed by atoms with van der Waals surface area (Å²) in [5.74, 6) is 0.316. The van der Waals surface area contributed by atoms with Crippen LogP contribution in [0.1, 0.15) is 22.8 Å². The largest absolute Gasteiger partial charge is 0.513 e. The zero-order chi connectivity index (χ0) is 16.7. The summed E-state index contributed by atoms with van der Waals surface area (Å²) in [7, 11) is 0. The summed E-state index contributed by atoms with van der Waals surface area (Å²) in [4.78, 5) is 22.9. The van der Waals surface area contributed by atoms with Crippen molar-refractivity contribution in [3.8, 4) is 11.5 Å². The Kier molecular flexibility index (Phi) is 6.17. The third-order valence-corrected chi connectivity index (χ3v) is 3.60. The smallest absolute Gasteiger partial charge is 0.485 e. The minimum atomic E-state index is -0.890. The number of ether oxygens (including phenoxy) is 3. The highest BCUT2D eigenvalue weighted by molar-refractivity contribution is 9.10. The minimum Gasteiger partial charge on any atom is -0.485 e. The highest BCUT2D eigenvalue weighted by Crippen LogP contribution is 2.36. The van der Waals surface area contributed by atoms with Crippen molar-refractivity contribution >= 4 is 28.4 Å². The lowest BCUT2D eigenvalue weighted by Crippen LogP contribution is -2.12. The molecule has 0 bridgehead atoms. The Morgan fingerprint density at radius 3 is 2.57 bits per heavy atom. The van der Waals surface area contributed by atoms with Crippen LogP contribution >= 0.6 is 15.9 Å². The van der Waals surface area contributed by atoms with Crippen molar-refractivity contribution in [3.63, 3.8) is 0 Å². The monoisotopic (exact) mass is 378 g/mol. The summed E-state index contributed by atoms with van der Waals surface area (Å²) in [6, 6.07) is 12.8. The lowest BCUT2D eigenvalue weighted by atomic mass is 10.2. The molecule has 2 aromatic rings. The Morgan fingerprint density at radius 2 is 1.91 bits per heavy atom. The second-order valence-electron chi connectivity index (χ2n) is 4.47. The van der Waals surface area contributed by atoms with E-state index in [2.05, 4.69) is 15.9 Å². The lowest BCUT2D eigenvalue weighted by molar-refractivity contribution is 0.101. The van der Waals surface area contributed by atoms with E-state index >= 15 is 0 Å². The molecule has 120 valence electrons. The van der Waals surface area contributed by atoms with E-state index in [1.165, 1.54) is 0 Å². The molecular weight excluding hydrogens is 364 g/mol. The summed E-state index contributed by atoms with van der Waals surface area (Å²) in [5.41, 5.74) is 1.13. The number of hydrogen-bond acceptors (Lipinski definition) is 5. The molecule has 2 rings (SSSR count). The van der Waals surface area contributed by atoms with Gasteiger partial charge in [-0.25, -0.2) is 4.79 Å². The van der Waals surface area contributed by atoms with Crippen LogP contribution in [0.4, 0.5) is 4.79 Å². The second kappa shape index (κ2) is 8.33. The number of aldehydes is 1. The summed E-state index contributed by atoms with van der Waals surface area (Å²) >= 11 is 3.25. The van der Waals surface area contributed by atoms with Crippen LogP contribution in [0.15, 0.2) is 46.9 Å². The van der Waals surface area contributed by atoms with E-state index in [1.807, 2.05) is 30.3 Å². The van der Waals surface area contributed by atoms with Gasteiger partial charge in [0.2, 0.25) is 0 Å². The number of carbonyl (C=O) groups is 2. The van der Waals surface area contributed by atoms with Crippen molar-refractivity contribution in [3.05, 3.63) is 58.1 Å². The van der Waals surface area contributed by atoms with E-state index in [0.29, 0.717) is 10.8 Å². The zero-order valence-corrected chi connectivity index (χ0v) is 14.0. The maximum Gasteiger partial charge on any atom is 0.513 e. The van der Waals surface area contributed by atoms with Gasteiger partial charge in [0.05, 0.1) is 12.2 Å². The van der Waals surface area contributed by atoms with Crippen LogP contribution in [0.5, 0.6) is 11.5 Å². The fourth-order valence-corrected chi connectivity index (χ4v) is 2.26. The molecule has 0 atom stereocenters. The second-order valence-corrected chi connectivity index (χ2v) is 5.32. The van der Waals surface area contributed by atoms with Gasteiger partial charge in [-0.2, -0.15) is 0 Å². The summed E-state index contributed by atoms with van der Waals surface area (Å²) in [6.07, 6.45) is -0.299. The van der Waals surface area contributed by atoms with Gasteiger partial charge < -0.3 is 14.2 Å². The fourth-order valence-electron chi connectivity index (χ4n) is 1.85. The predicted molar refractivity (Wildman–Crippen MR) is 88.0 cm³/mol. The SMILES string of the molecule is CCOC(=O)Oc1c(OCc2ccccc2)ccc(Br)c1C=O. The summed E-state index contributed by atoms with van der Waals surface area (Å²) in [6.45, 7) is 2.11. The lowest BCUT2D eigenvalue weighted by Gasteiger charge is -2.14. The molecule has 5 nitrogen and oxygen atoms in total. The van der Waals surface area contributed by atoms with Crippen LogP contribution < -0.4 is 9.47 Å². The summed E-state index contributed by atoms with van der Waals surface area (Å²) in [5, 5.41) is 0. The average molecular weight is 379 g/mol. The van der Waals surface area contributed by atoms with E-state index in [1.54, 1.807) is 19.1 Å². The van der Waals surface area contributed by atoms with Crippen LogP contribution in [0.2, 0.25) is 0 Å². The quantitative estimate of drug-likeness (QED) is 0.424. The third kappa shape index (κ3) is 4.56. The number of rotatable bonds is 6. The van der Waals surface area contributed by atoms with Gasteiger partial charge in [-0.3, -0.25) is 4.79 Å². The predicted octanol–water partition coefficient (Wildman–Crippen LogP) is 4.38. The van der Waals surface area contributed by atoms with E-state index in [-0.39, 0.29) is 30.3 Å². The number of benzene rings is 2. The molecule has 0 fully saturated rings. The molecule has 0 heterocycles. The first-order valence-electron chi connectivity index (χ1n) is 6.94. The van der Waals surface area contributed by atoms with Gasteiger partial charge in [-0.05, 0) is 40.5 Å². The number of halogens is 1. The molecule has 0 saturated heterocycles. The topological polar surface area (TPSA) is 61.8 Å². The van der Waals surface area contributed by atoms with E-state index in [0.717, 1.165) is 5.56 Å². The average Bonchev–Trinajstić information content (AvgIpc) is 2.55. The van der Waals surface area contributed by atoms with Crippen molar-refractivity contribution in [2.75, 3.05) is 6.61 Å². The highest BCUT2D eigenvalue weighted by Gasteiger charge is 2.18. The molecule has 0 unspecified atom stereocenters. The van der Waals surface area contributed by atoms with Gasteiger partial charge in [0.15, 0.2) is 17.8 Å². The van der Waals surface area contributed by atoms with Gasteiger partial charge >= 0.3 is 6.16 Å². The van der Waals surface area contributed by atoms with Crippen LogP contribution in [0.3, 0.4) is 0 Å². The summed E-state index contributed by atoms with van der Waals surface area (Å²) < 4.78 is 16.1. The van der Waals surface area contributed by atoms with Crippen molar-refractivity contribution < 1.29 is 23.8 Å². The van der Waals surface area contributed by atoms with Crippen LogP contribution in [-0.2, 0) is 11.3 Å². The Balaban J connectivity index is 2.26. The maximum atomic E-state index is 11.6. The Labute approximate surface area is 142 Å². The molecule has 0 aliphatic carbocycles. The van der Waals surface area contributed by atoms with Gasteiger partial charge in [-0.1, -0.05) is 30.3 Å². The van der Waals surface area contributed by atoms with Crippen molar-refractivity contribution in [1.82, 2.24) is 0 Å². The van der Waals surface area contributed by atoms with E-state index in [9.17, 15) is 9.59 Å². The first kappa shape index (κ1) is 17.0. The third-order valence-electron chi connectivity index (χ3n) is 2.91. The molecule has 0 radical (unpaired) electrons. The number of carbonyl (C=O) groups excluding carboxylic acids is 2. The molecule has 6 heteroatoms. The Morgan fingerprint density at radius 1 is 1.17 bits per heavy atom. The molecule has 0 aliphatic heterocycles. The zero-order valence-electron chi connectivity index (χ0n) is 12.5. The van der Waals surface area contributed by atoms with Crippen molar-refractivity contribution in [2.45, 2.75) is 13.5 Å². The van der Waals surface area contributed by atoms with Gasteiger partial charge in [0.1, 0.15) is 6.61 Å². The first-order chi connectivity index (χ1) is 11.2. The van der Waals surface area contributed by atoms with E-state index in [4.69, 9.17) is 14.2 Å². The molecule has 0 amide bonds. The first-order valence-corrected chi connectivity index (χ1v) is 7.74. The van der Waals surface area contributed by atoms with Crippen molar-refractivity contribution in [2.24, 2.45) is 0 Å². The van der Waals surface area contributed by atoms with Crippen LogP contribution in [0, 0.1) is 0 Å². The fraction of sp³-hybridized carbons (Fsp3) is 0.176. The van der Waals surface area contributed by atoms with Crippen molar-refractivity contribution in [1.29, 1.82) is 0 Å². The molecular formula is C17H15BrO5. The van der Waals surface area contributed by atoms with Crippen LogP contribution in [-0.4, -0.2) is 19.0 Å². The normalized spacial score (nSPS) is 10.0. The standard InChI is InChI=1S/C17H15BrO5/c1-2-21-17(20)23-16-13(10-19)14(18)8-9-15(16)22-11-12-6-4-3-5-7-12/h3-10H,2,11H2,1H3. The van der Waals surface area contributed by atoms with Gasteiger partial charge in [0, 0.05) is 4.47 Å². The molecule has 0 aliphatic rings. The molecule has 0 saturated carbocycles. The Bertz CT molecular complexity index is 685. The Hall–Kier alpha value is -2.34. The number of hydrogen-bond donors (Lipinski definition) is 0. The molecule has 2 aromatic carbocycles. The van der Waals surface area contributed by atoms with E-state index < -0.39 is 6.16 Å². The molecule has 0 spiro atoms. The maximum absolute atomic E-state index is 11.6. The molecule has 0 N–H and O–H groups in total. The highest BCUT2D eigenvalue weighted by atomic mass is 79.9. The molecule has 0 aromatic heterocycles. The minimum absolute atomic E-state index is 0.0313. The molecule has 23 heavy (non-hydrogen) atoms. The van der Waals surface area contributed by atoms with Crippen LogP contribution in [0.25, 0.3) is 0 Å². The van der Waals surface area contributed by atoms with Gasteiger partial charge in [-0.15, -0.1) is 0 Å². The van der Waals surface area contributed by atoms with Gasteiger partial charge in [0.25, 0.3) is 0 Å².